The Morgan fingerprint density at radius 2 is 2.17 bits per heavy atom. The average molecular weight is 254 g/mol. The van der Waals surface area contributed by atoms with Gasteiger partial charge in [-0.05, 0) is 38.1 Å². The van der Waals surface area contributed by atoms with Crippen LogP contribution >= 0.6 is 0 Å². The van der Waals surface area contributed by atoms with Gasteiger partial charge in [-0.2, -0.15) is 0 Å². The highest BCUT2D eigenvalue weighted by Crippen LogP contribution is 2.31. The summed E-state index contributed by atoms with van der Waals surface area (Å²) in [5.41, 5.74) is 5.74. The molecule has 0 aromatic carbocycles. The van der Waals surface area contributed by atoms with Gasteiger partial charge in [0.2, 0.25) is 5.91 Å². The number of nitrogens with zero attached hydrogens (tertiary/aromatic N) is 1. The number of carbonyl (C=O) groups is 1. The molecular weight excluding hydrogens is 228 g/mol. The molecule has 1 aliphatic heterocycles. The molecule has 1 aliphatic carbocycles. The minimum Gasteiger partial charge on any atom is -0.384 e. The maximum absolute atomic E-state index is 12.5. The van der Waals surface area contributed by atoms with Crippen LogP contribution in [0.25, 0.3) is 0 Å². The molecule has 3 unspecified atom stereocenters. The van der Waals surface area contributed by atoms with Crippen LogP contribution < -0.4 is 5.73 Å². The fraction of sp³-hybridized carbons (Fsp3) is 0.929. The first-order valence-corrected chi connectivity index (χ1v) is 7.22. The Labute approximate surface area is 110 Å². The summed E-state index contributed by atoms with van der Waals surface area (Å²) >= 11 is 0. The zero-order chi connectivity index (χ0) is 13.0. The summed E-state index contributed by atoms with van der Waals surface area (Å²) in [6, 6.07) is 0. The van der Waals surface area contributed by atoms with Crippen molar-refractivity contribution in [2.24, 2.45) is 23.5 Å². The lowest BCUT2D eigenvalue weighted by Crippen LogP contribution is -2.38. The van der Waals surface area contributed by atoms with Gasteiger partial charge in [-0.25, -0.2) is 0 Å². The fourth-order valence-corrected chi connectivity index (χ4v) is 3.39. The maximum Gasteiger partial charge on any atom is 0.225 e. The Bertz CT molecular complexity index is 283. The predicted molar refractivity (Wildman–Crippen MR) is 71.1 cm³/mol. The molecule has 1 amide bonds. The third-order valence-electron chi connectivity index (χ3n) is 4.47. The first-order chi connectivity index (χ1) is 8.74. The molecular formula is C14H26N2O2. The van der Waals surface area contributed by atoms with Crippen molar-refractivity contribution < 1.29 is 9.53 Å². The van der Waals surface area contributed by atoms with Gasteiger partial charge in [0.25, 0.3) is 0 Å². The highest BCUT2D eigenvalue weighted by Gasteiger charge is 2.33. The molecule has 2 aliphatic rings. The van der Waals surface area contributed by atoms with Gasteiger partial charge < -0.3 is 15.4 Å². The molecule has 4 heteroatoms. The van der Waals surface area contributed by atoms with Crippen LogP contribution in [0.2, 0.25) is 0 Å². The van der Waals surface area contributed by atoms with E-state index in [-0.39, 0.29) is 5.92 Å². The van der Waals surface area contributed by atoms with Crippen LogP contribution in [0, 0.1) is 17.8 Å². The molecule has 104 valence electrons. The molecule has 1 saturated carbocycles. The normalized spacial score (nSPS) is 32.8. The Hall–Kier alpha value is -0.610. The number of hydrogen-bond donors (Lipinski definition) is 1. The van der Waals surface area contributed by atoms with Crippen molar-refractivity contribution in [3.63, 3.8) is 0 Å². The van der Waals surface area contributed by atoms with Gasteiger partial charge in [0.1, 0.15) is 0 Å². The van der Waals surface area contributed by atoms with Gasteiger partial charge in [0.05, 0.1) is 6.61 Å². The van der Waals surface area contributed by atoms with Crippen LogP contribution in [-0.4, -0.2) is 44.2 Å². The molecule has 1 saturated heterocycles. The van der Waals surface area contributed by atoms with E-state index in [0.29, 0.717) is 17.7 Å². The molecule has 0 bridgehead atoms. The van der Waals surface area contributed by atoms with Crippen molar-refractivity contribution in [1.29, 1.82) is 0 Å². The number of ether oxygens (including phenoxy) is 1. The number of likely N-dealkylation sites (tertiary alicyclic amines) is 1. The second kappa shape index (κ2) is 6.53. The highest BCUT2D eigenvalue weighted by atomic mass is 16.5. The van der Waals surface area contributed by atoms with Crippen LogP contribution in [0.15, 0.2) is 0 Å². The molecule has 1 heterocycles. The maximum atomic E-state index is 12.5. The number of hydrogen-bond acceptors (Lipinski definition) is 3. The van der Waals surface area contributed by atoms with E-state index < -0.39 is 0 Å². The molecule has 0 aromatic rings. The summed E-state index contributed by atoms with van der Waals surface area (Å²) < 4.78 is 5.18. The number of rotatable bonds is 4. The molecule has 0 radical (unpaired) electrons. The van der Waals surface area contributed by atoms with Crippen LogP contribution in [0.1, 0.15) is 32.1 Å². The van der Waals surface area contributed by atoms with Crippen molar-refractivity contribution in [1.82, 2.24) is 4.90 Å². The predicted octanol–water partition coefficient (Wildman–Crippen LogP) is 1.25. The quantitative estimate of drug-likeness (QED) is 0.821. The molecule has 2 N–H and O–H groups in total. The van der Waals surface area contributed by atoms with Gasteiger partial charge in [0, 0.05) is 32.0 Å². The van der Waals surface area contributed by atoms with Gasteiger partial charge in [-0.3, -0.25) is 4.79 Å². The molecule has 4 nitrogen and oxygen atoms in total. The summed E-state index contributed by atoms with van der Waals surface area (Å²) in [5.74, 6) is 1.69. The third kappa shape index (κ3) is 3.23. The van der Waals surface area contributed by atoms with E-state index in [4.69, 9.17) is 10.5 Å². The van der Waals surface area contributed by atoms with Crippen LogP contribution in [0.3, 0.4) is 0 Å². The van der Waals surface area contributed by atoms with E-state index in [1.807, 2.05) is 4.90 Å². The second-order valence-corrected chi connectivity index (χ2v) is 5.86. The molecule has 0 spiro atoms. The summed E-state index contributed by atoms with van der Waals surface area (Å²) in [7, 11) is 1.73. The van der Waals surface area contributed by atoms with E-state index in [0.717, 1.165) is 51.9 Å². The Kier molecular flexibility index (Phi) is 5.01. The Morgan fingerprint density at radius 1 is 1.33 bits per heavy atom. The summed E-state index contributed by atoms with van der Waals surface area (Å²) in [6.45, 7) is 3.31. The summed E-state index contributed by atoms with van der Waals surface area (Å²) in [5, 5.41) is 0. The summed E-state index contributed by atoms with van der Waals surface area (Å²) in [4.78, 5) is 14.5. The third-order valence-corrected chi connectivity index (χ3v) is 4.47. The smallest absolute Gasteiger partial charge is 0.225 e. The van der Waals surface area contributed by atoms with Crippen molar-refractivity contribution >= 4 is 5.91 Å². The van der Waals surface area contributed by atoms with Gasteiger partial charge in [0.15, 0.2) is 0 Å². The van der Waals surface area contributed by atoms with E-state index >= 15 is 0 Å². The number of carbonyl (C=O) groups excluding carboxylic acids is 1. The first-order valence-electron chi connectivity index (χ1n) is 7.22. The Balaban J connectivity index is 1.84. The van der Waals surface area contributed by atoms with Crippen LogP contribution in [-0.2, 0) is 9.53 Å². The van der Waals surface area contributed by atoms with Crippen LogP contribution in [0.5, 0.6) is 0 Å². The largest absolute Gasteiger partial charge is 0.384 e. The lowest BCUT2D eigenvalue weighted by Gasteiger charge is -2.30. The highest BCUT2D eigenvalue weighted by molar-refractivity contribution is 5.79. The van der Waals surface area contributed by atoms with Crippen LogP contribution in [0.4, 0.5) is 0 Å². The lowest BCUT2D eigenvalue weighted by molar-refractivity contribution is -0.136. The molecule has 2 rings (SSSR count). The lowest BCUT2D eigenvalue weighted by atomic mass is 9.81. The average Bonchev–Trinajstić information content (AvgIpc) is 2.87. The fourth-order valence-electron chi connectivity index (χ4n) is 3.39. The minimum atomic E-state index is 0.230. The first kappa shape index (κ1) is 13.8. The van der Waals surface area contributed by atoms with E-state index in [9.17, 15) is 4.79 Å². The Morgan fingerprint density at radius 3 is 2.89 bits per heavy atom. The van der Waals surface area contributed by atoms with Crippen molar-refractivity contribution in [3.8, 4) is 0 Å². The molecule has 2 fully saturated rings. The molecule has 0 aromatic heterocycles. The van der Waals surface area contributed by atoms with E-state index in [2.05, 4.69) is 0 Å². The van der Waals surface area contributed by atoms with Gasteiger partial charge in [-0.15, -0.1) is 0 Å². The second-order valence-electron chi connectivity index (χ2n) is 5.86. The molecule has 3 atom stereocenters. The minimum absolute atomic E-state index is 0.230. The summed E-state index contributed by atoms with van der Waals surface area (Å²) in [6.07, 6.45) is 5.51. The standard InChI is InChI=1S/C14H26N2O2/c1-18-10-12-5-6-16(9-12)14(17)13-4-2-3-11(7-13)8-15/h11-13H,2-10,15H2,1H3. The zero-order valence-electron chi connectivity index (χ0n) is 11.4. The number of methoxy groups -OCH3 is 1. The number of nitrogens with two attached hydrogens (primary N) is 1. The zero-order valence-corrected chi connectivity index (χ0v) is 11.4. The monoisotopic (exact) mass is 254 g/mol. The SMILES string of the molecule is COCC1CCN(C(=O)C2CCCC(CN)C2)C1. The van der Waals surface area contributed by atoms with Gasteiger partial charge >= 0.3 is 0 Å². The van der Waals surface area contributed by atoms with E-state index in [1.54, 1.807) is 7.11 Å². The van der Waals surface area contributed by atoms with Gasteiger partial charge in [-0.1, -0.05) is 6.42 Å². The van der Waals surface area contributed by atoms with Crippen molar-refractivity contribution in [2.45, 2.75) is 32.1 Å². The topological polar surface area (TPSA) is 55.6 Å². The molecule has 18 heavy (non-hydrogen) atoms. The van der Waals surface area contributed by atoms with Crippen molar-refractivity contribution in [3.05, 3.63) is 0 Å². The number of amides is 1. The van der Waals surface area contributed by atoms with E-state index in [1.165, 1.54) is 6.42 Å². The van der Waals surface area contributed by atoms with Crippen molar-refractivity contribution in [2.75, 3.05) is 33.4 Å².